The summed E-state index contributed by atoms with van der Waals surface area (Å²) in [7, 11) is 5.95. The number of aliphatic carboxylic acids is 1. The van der Waals surface area contributed by atoms with Crippen molar-refractivity contribution in [3.05, 3.63) is 72.9 Å². The number of nitrogens with zero attached hydrogens (tertiary/aromatic N) is 1. The van der Waals surface area contributed by atoms with Crippen LogP contribution >= 0.6 is 0 Å². The Morgan fingerprint density at radius 3 is 1.16 bits per heavy atom. The van der Waals surface area contributed by atoms with Crippen molar-refractivity contribution in [3.8, 4) is 0 Å². The first-order valence-electron chi connectivity index (χ1n) is 32.1. The molecular formula is C68H122NO8+. The number of carbonyl (C=O) groups is 3. The SMILES string of the molecule is CC/C=C\C/C=C\C/C=C\C/C=C\C/C=C\CCCC(=O)OC(COC(=O)CCCCCCCCCCCCCCCCCCCCCCCCC/C=C\CCCCCCCCCC)COC(OCC[N+](C)(C)C)C(=O)O. The van der Waals surface area contributed by atoms with Crippen LogP contribution in [0, 0.1) is 0 Å². The van der Waals surface area contributed by atoms with Gasteiger partial charge in [0.1, 0.15) is 13.2 Å². The first-order chi connectivity index (χ1) is 37.6. The van der Waals surface area contributed by atoms with Crippen LogP contribution in [0.5, 0.6) is 0 Å². The number of esters is 2. The first kappa shape index (κ1) is 73.7. The molecule has 0 saturated heterocycles. The fraction of sp³-hybridized carbons (Fsp3) is 0.779. The maximum Gasteiger partial charge on any atom is 0.361 e. The standard InChI is InChI=1S/C68H121NO8/c1-6-8-10-12-14-16-18-20-22-24-25-26-27-28-29-30-31-32-33-34-35-36-37-38-39-40-41-43-44-46-48-50-52-54-56-58-65(70)75-62-64(63-76-68(67(72)73)74-61-60-69(3,4)5)77-66(71)59-57-55-53-51-49-47-45-42-23-21-19-17-15-13-11-9-7-2/h9,11,15,17,21,23-25,45,47,51,53,64,68H,6-8,10,12-14,16,18-20,22,26-44,46,48-50,52,54-63H2,1-5H3/p+1/b11-9-,17-15-,23-21-,25-24-,47-45-,53-51-. The molecule has 9 nitrogen and oxygen atoms in total. The Bertz CT molecular complexity index is 1490. The average molecular weight is 1080 g/mol. The van der Waals surface area contributed by atoms with Gasteiger partial charge in [0.2, 0.25) is 0 Å². The van der Waals surface area contributed by atoms with E-state index in [0.29, 0.717) is 23.9 Å². The van der Waals surface area contributed by atoms with Crippen molar-refractivity contribution >= 4 is 17.9 Å². The molecular weight excluding hydrogens is 959 g/mol. The molecule has 2 atom stereocenters. The maximum atomic E-state index is 12.8. The Morgan fingerprint density at radius 1 is 0.403 bits per heavy atom. The number of quaternary nitrogens is 1. The molecule has 77 heavy (non-hydrogen) atoms. The summed E-state index contributed by atoms with van der Waals surface area (Å²) in [6.07, 6.45) is 74.7. The highest BCUT2D eigenvalue weighted by Crippen LogP contribution is 2.17. The van der Waals surface area contributed by atoms with Crippen LogP contribution in [0.25, 0.3) is 0 Å². The van der Waals surface area contributed by atoms with Gasteiger partial charge in [-0.1, -0.05) is 267 Å². The molecule has 0 radical (unpaired) electrons. The Kier molecular flexibility index (Phi) is 56.4. The molecule has 0 aliphatic heterocycles. The Labute approximate surface area is 475 Å². The van der Waals surface area contributed by atoms with Crippen LogP contribution in [-0.2, 0) is 33.3 Å². The Balaban J connectivity index is 4.06. The third kappa shape index (κ3) is 60.2. The van der Waals surface area contributed by atoms with E-state index >= 15 is 0 Å². The molecule has 0 aliphatic rings. The highest BCUT2D eigenvalue weighted by molar-refractivity contribution is 5.71. The second-order valence-corrected chi connectivity index (χ2v) is 22.7. The summed E-state index contributed by atoms with van der Waals surface area (Å²) >= 11 is 0. The van der Waals surface area contributed by atoms with Crippen LogP contribution in [0.15, 0.2) is 72.9 Å². The molecule has 0 saturated carbocycles. The number of allylic oxidation sites excluding steroid dienone is 12. The molecule has 9 heteroatoms. The second kappa shape index (κ2) is 58.9. The van der Waals surface area contributed by atoms with E-state index in [4.69, 9.17) is 18.9 Å². The predicted molar refractivity (Wildman–Crippen MR) is 327 cm³/mol. The average Bonchev–Trinajstić information content (AvgIpc) is 3.40. The fourth-order valence-corrected chi connectivity index (χ4v) is 9.05. The molecule has 446 valence electrons. The van der Waals surface area contributed by atoms with E-state index in [1.807, 2.05) is 21.1 Å². The topological polar surface area (TPSA) is 108 Å². The molecule has 0 aliphatic carbocycles. The minimum Gasteiger partial charge on any atom is -0.477 e. The minimum atomic E-state index is -1.53. The molecule has 0 aromatic heterocycles. The Hall–Kier alpha value is -3.27. The molecule has 1 N–H and O–H groups in total. The van der Waals surface area contributed by atoms with Crippen LogP contribution < -0.4 is 0 Å². The molecule has 0 bridgehead atoms. The van der Waals surface area contributed by atoms with Crippen LogP contribution in [0.1, 0.15) is 284 Å². The van der Waals surface area contributed by atoms with Gasteiger partial charge < -0.3 is 28.5 Å². The van der Waals surface area contributed by atoms with Crippen molar-refractivity contribution in [3.63, 3.8) is 0 Å². The van der Waals surface area contributed by atoms with Crippen LogP contribution in [0.2, 0.25) is 0 Å². The number of carboxylic acid groups (broad SMARTS) is 1. The number of hydrogen-bond acceptors (Lipinski definition) is 7. The van der Waals surface area contributed by atoms with Crippen LogP contribution in [-0.4, -0.2) is 87.4 Å². The van der Waals surface area contributed by atoms with Gasteiger partial charge in [0.05, 0.1) is 34.4 Å². The number of unbranched alkanes of at least 4 members (excludes halogenated alkanes) is 32. The lowest BCUT2D eigenvalue weighted by molar-refractivity contribution is -0.870. The van der Waals surface area contributed by atoms with E-state index in [1.165, 1.54) is 193 Å². The van der Waals surface area contributed by atoms with Gasteiger partial charge in [-0.2, -0.15) is 0 Å². The van der Waals surface area contributed by atoms with Crippen molar-refractivity contribution in [2.75, 3.05) is 47.5 Å². The molecule has 0 amide bonds. The summed E-state index contributed by atoms with van der Waals surface area (Å²) in [6, 6.07) is 0. The second-order valence-electron chi connectivity index (χ2n) is 22.7. The van der Waals surface area contributed by atoms with E-state index in [9.17, 15) is 19.5 Å². The number of carbonyl (C=O) groups excluding carboxylic acids is 2. The maximum absolute atomic E-state index is 12.8. The first-order valence-corrected chi connectivity index (χ1v) is 32.1. The lowest BCUT2D eigenvalue weighted by atomic mass is 10.0. The summed E-state index contributed by atoms with van der Waals surface area (Å²) in [5.41, 5.74) is 0. The molecule has 0 aromatic rings. The van der Waals surface area contributed by atoms with Gasteiger partial charge >= 0.3 is 17.9 Å². The number of rotatable bonds is 59. The van der Waals surface area contributed by atoms with Gasteiger partial charge in [-0.15, -0.1) is 0 Å². The number of likely N-dealkylation sites (N-methyl/N-ethyl adjacent to an activating group) is 1. The third-order valence-corrected chi connectivity index (χ3v) is 13.9. The zero-order chi connectivity index (χ0) is 56.2. The number of ether oxygens (including phenoxy) is 4. The van der Waals surface area contributed by atoms with Gasteiger partial charge in [0, 0.05) is 12.8 Å². The Morgan fingerprint density at radius 2 is 0.753 bits per heavy atom. The van der Waals surface area contributed by atoms with Crippen LogP contribution in [0.3, 0.4) is 0 Å². The molecule has 0 aromatic carbocycles. The summed E-state index contributed by atoms with van der Waals surface area (Å²) in [6.45, 7) is 4.72. The van der Waals surface area contributed by atoms with Gasteiger partial charge in [-0.3, -0.25) is 9.59 Å². The van der Waals surface area contributed by atoms with E-state index in [-0.39, 0.29) is 32.2 Å². The monoisotopic (exact) mass is 1080 g/mol. The molecule has 0 fully saturated rings. The lowest BCUT2D eigenvalue weighted by Gasteiger charge is -2.25. The van der Waals surface area contributed by atoms with Crippen molar-refractivity contribution < 1.29 is 42.9 Å². The van der Waals surface area contributed by atoms with Gasteiger partial charge in [0.25, 0.3) is 6.29 Å². The van der Waals surface area contributed by atoms with Crippen LogP contribution in [0.4, 0.5) is 0 Å². The van der Waals surface area contributed by atoms with E-state index in [1.54, 1.807) is 0 Å². The quantitative estimate of drug-likeness (QED) is 0.0211. The van der Waals surface area contributed by atoms with Crippen molar-refractivity contribution in [2.45, 2.75) is 296 Å². The zero-order valence-electron chi connectivity index (χ0n) is 50.9. The van der Waals surface area contributed by atoms with E-state index in [0.717, 1.165) is 57.8 Å². The lowest BCUT2D eigenvalue weighted by Crippen LogP contribution is -2.40. The van der Waals surface area contributed by atoms with Gasteiger partial charge in [-0.25, -0.2) is 4.79 Å². The van der Waals surface area contributed by atoms with Crippen molar-refractivity contribution in [1.82, 2.24) is 0 Å². The smallest absolute Gasteiger partial charge is 0.361 e. The highest BCUT2D eigenvalue weighted by atomic mass is 16.7. The van der Waals surface area contributed by atoms with Crippen molar-refractivity contribution in [2.24, 2.45) is 0 Å². The van der Waals surface area contributed by atoms with Gasteiger partial charge in [0.15, 0.2) is 6.10 Å². The number of hydrogen-bond donors (Lipinski definition) is 1. The molecule has 0 rings (SSSR count). The fourth-order valence-electron chi connectivity index (χ4n) is 9.05. The molecule has 2 unspecified atom stereocenters. The summed E-state index contributed by atoms with van der Waals surface area (Å²) in [5, 5.41) is 9.70. The largest absolute Gasteiger partial charge is 0.477 e. The molecule has 0 heterocycles. The minimum absolute atomic E-state index is 0.175. The molecule has 0 spiro atoms. The van der Waals surface area contributed by atoms with E-state index < -0.39 is 24.3 Å². The predicted octanol–water partition coefficient (Wildman–Crippen LogP) is 19.4. The highest BCUT2D eigenvalue weighted by Gasteiger charge is 2.25. The third-order valence-electron chi connectivity index (χ3n) is 13.9. The summed E-state index contributed by atoms with van der Waals surface area (Å²) < 4.78 is 22.8. The van der Waals surface area contributed by atoms with Gasteiger partial charge in [-0.05, 0) is 77.0 Å². The van der Waals surface area contributed by atoms with Crippen molar-refractivity contribution in [1.29, 1.82) is 0 Å². The summed E-state index contributed by atoms with van der Waals surface area (Å²) in [4.78, 5) is 37.4. The summed E-state index contributed by atoms with van der Waals surface area (Å²) in [5.74, 6) is -2.08. The normalized spacial score (nSPS) is 13.2. The zero-order valence-corrected chi connectivity index (χ0v) is 50.9. The van der Waals surface area contributed by atoms with E-state index in [2.05, 4.69) is 86.8 Å². The number of carboxylic acids is 1.